The van der Waals surface area contributed by atoms with E-state index in [0.717, 1.165) is 5.57 Å². The summed E-state index contributed by atoms with van der Waals surface area (Å²) in [7, 11) is 0.154. The number of cyclic esters (lactones) is 1. The molecule has 4 aliphatic rings. The maximum atomic E-state index is 14.6. The highest BCUT2D eigenvalue weighted by molar-refractivity contribution is 7.57. The minimum Gasteiger partial charge on any atom is -0.460 e. The van der Waals surface area contributed by atoms with Crippen molar-refractivity contribution in [3.8, 4) is 0 Å². The van der Waals surface area contributed by atoms with E-state index in [2.05, 4.69) is 0 Å². The third kappa shape index (κ3) is 20.4. The topological polar surface area (TPSA) is 240 Å². The number of hydrogen-bond acceptors (Lipinski definition) is 17. The summed E-state index contributed by atoms with van der Waals surface area (Å²) in [5, 5.41) is 32.7. The first-order valence-corrected chi connectivity index (χ1v) is 30.5. The smallest absolute Gasteiger partial charge is 0.329 e. The summed E-state index contributed by atoms with van der Waals surface area (Å²) in [6.45, 7) is 17.0. The fraction of sp³-hybridized carbons (Fsp3) is 0.776. The van der Waals surface area contributed by atoms with Crippen molar-refractivity contribution in [1.82, 2.24) is 4.90 Å². The molecule has 3 fully saturated rings. The molecule has 3 heterocycles. The van der Waals surface area contributed by atoms with Gasteiger partial charge in [0.1, 0.15) is 30.1 Å². The number of hydrogen-bond donors (Lipinski definition) is 3. The van der Waals surface area contributed by atoms with Gasteiger partial charge in [0.15, 0.2) is 13.2 Å². The van der Waals surface area contributed by atoms with Crippen molar-refractivity contribution in [2.45, 2.75) is 180 Å². The van der Waals surface area contributed by atoms with Gasteiger partial charge in [0, 0.05) is 64.7 Å². The number of fused-ring (bicyclic) bond motifs is 3. The molecular formula is C58H94NO17P. The second-order valence-corrected chi connectivity index (χ2v) is 25.2. The third-order valence-corrected chi connectivity index (χ3v) is 16.5. The van der Waals surface area contributed by atoms with Crippen LogP contribution < -0.4 is 0 Å². The largest absolute Gasteiger partial charge is 0.460 e. The Morgan fingerprint density at radius 3 is 2.21 bits per heavy atom. The Kier molecular flexibility index (Phi) is 27.7. The quantitative estimate of drug-likeness (QED) is 0.0457. The zero-order chi connectivity index (χ0) is 57.0. The molecule has 77 heavy (non-hydrogen) atoms. The summed E-state index contributed by atoms with van der Waals surface area (Å²) in [5.41, 5.74) is 1.18. The van der Waals surface area contributed by atoms with Crippen LogP contribution in [0.4, 0.5) is 0 Å². The molecule has 0 aromatic carbocycles. The molecule has 0 aromatic rings. The average Bonchev–Trinajstić information content (AvgIpc) is 3.39. The first-order chi connectivity index (χ1) is 36.4. The van der Waals surface area contributed by atoms with Gasteiger partial charge in [0.05, 0.1) is 64.1 Å². The van der Waals surface area contributed by atoms with Crippen LogP contribution in [-0.4, -0.2) is 178 Å². The number of methoxy groups -OCH3 is 2. The first-order valence-electron chi connectivity index (χ1n) is 28.0. The maximum absolute atomic E-state index is 14.6. The molecule has 438 valence electrons. The van der Waals surface area contributed by atoms with Gasteiger partial charge in [-0.2, -0.15) is 0 Å². The minimum atomic E-state index is -2.81. The molecule has 0 unspecified atom stereocenters. The molecule has 0 aromatic heterocycles. The molecule has 3 N–H and O–H groups in total. The van der Waals surface area contributed by atoms with Crippen molar-refractivity contribution in [3.05, 3.63) is 47.6 Å². The van der Waals surface area contributed by atoms with E-state index in [1.165, 1.54) is 12.0 Å². The van der Waals surface area contributed by atoms with Crippen LogP contribution in [0.25, 0.3) is 0 Å². The first kappa shape index (κ1) is 66.3. The number of aliphatic hydroxyl groups is 3. The van der Waals surface area contributed by atoms with Gasteiger partial charge in [-0.3, -0.25) is 23.7 Å². The number of carbonyl (C=O) groups is 5. The minimum absolute atomic E-state index is 0.0268. The fourth-order valence-corrected chi connectivity index (χ4v) is 12.0. The van der Waals surface area contributed by atoms with Gasteiger partial charge < -0.3 is 57.9 Å². The Hall–Kier alpha value is -3.26. The molecule has 1 saturated carbocycles. The van der Waals surface area contributed by atoms with Crippen LogP contribution in [0.3, 0.4) is 0 Å². The van der Waals surface area contributed by atoms with Gasteiger partial charge in [-0.15, -0.1) is 0 Å². The van der Waals surface area contributed by atoms with E-state index in [-0.39, 0.29) is 93.8 Å². The highest BCUT2D eigenvalue weighted by Gasteiger charge is 2.53. The number of allylic oxidation sites excluding steroid dienone is 6. The Bertz CT molecular complexity index is 2090. The lowest BCUT2D eigenvalue weighted by atomic mass is 9.78. The van der Waals surface area contributed by atoms with E-state index in [1.54, 1.807) is 54.2 Å². The molecule has 2 saturated heterocycles. The van der Waals surface area contributed by atoms with E-state index < -0.39 is 85.1 Å². The normalized spacial score (nSPS) is 36.2. The van der Waals surface area contributed by atoms with Gasteiger partial charge in [-0.25, -0.2) is 4.79 Å². The molecule has 19 heteroatoms. The van der Waals surface area contributed by atoms with Crippen LogP contribution >= 0.6 is 7.37 Å². The zero-order valence-corrected chi connectivity index (χ0v) is 48.8. The lowest BCUT2D eigenvalue weighted by molar-refractivity contribution is -0.266. The van der Waals surface area contributed by atoms with Crippen molar-refractivity contribution < 1.29 is 81.5 Å². The Morgan fingerprint density at radius 1 is 0.831 bits per heavy atom. The molecule has 15 atom stereocenters. The Balaban J connectivity index is 1.70. The van der Waals surface area contributed by atoms with Crippen LogP contribution in [0, 0.1) is 35.5 Å². The van der Waals surface area contributed by atoms with Crippen LogP contribution in [0.15, 0.2) is 47.6 Å². The zero-order valence-electron chi connectivity index (χ0n) is 47.9. The number of Topliss-reactive ketones (excluding diaryl/α,β-unsaturated/α-hetero) is 3. The summed E-state index contributed by atoms with van der Waals surface area (Å²) in [6.07, 6.45) is 10.6. The number of aliphatic hydroxyl groups excluding tert-OH is 2. The third-order valence-electron chi connectivity index (χ3n) is 15.7. The van der Waals surface area contributed by atoms with Gasteiger partial charge in [-0.1, -0.05) is 71.1 Å². The number of piperidine rings is 1. The average molecular weight is 1110 g/mol. The summed E-state index contributed by atoms with van der Waals surface area (Å²) < 4.78 is 59.9. The molecule has 0 spiro atoms. The SMILES string of the molecule is CO[C@@H]1C[C@H](C[C@@H](C)[C@@H]2CC(=O)[C@H](C)/C=C(\C)[C@@H](O)[C@@H](OC)C(=O)[C@H](C)C[C@H](C)/C=C/C=C/C=C(\C)[C@@H](OCCOCCOCCO)C[C@@H]3CC[C@@H](C)[C@@](O)(O3)C(=O)C(=O)N3CCCC[C@H]3C(=O)O2)CC[C@H]1OP(C)(C)=O. The van der Waals surface area contributed by atoms with Gasteiger partial charge in [0.25, 0.3) is 11.7 Å². The van der Waals surface area contributed by atoms with Crippen molar-refractivity contribution in [2.75, 3.05) is 73.7 Å². The standard InChI is InChI=1S/C58H94NO17P/c1-37-17-13-12-14-18-38(2)49(73-30-29-72-28-27-71-26-25-60)35-45-22-20-43(7)58(67,75-45)55(64)56(65)59-24-16-15-19-46(59)57(66)74-50(40(4)33-44-21-23-48(51(34-44)69-8)76-77(10,11)68)36-47(61)39(3)32-42(6)53(63)54(70-9)52(62)41(5)31-37/h12-14,17-18,32,37,39-41,43-46,48-51,53-54,60,63,67H,15-16,19-31,33-36H2,1-11H3/b14-12+,17-13+,38-18+,42-32+/t37-,39-,40-,41-,43-,44+,45+,46+,48-,49+,50+,51-,53-,54+,58-/m1/s1. The Morgan fingerprint density at radius 2 is 1.53 bits per heavy atom. The van der Waals surface area contributed by atoms with Crippen molar-refractivity contribution >= 4 is 36.6 Å². The molecule has 1 aliphatic carbocycles. The van der Waals surface area contributed by atoms with E-state index in [9.17, 15) is 38.8 Å². The molecule has 4 rings (SSSR count). The van der Waals surface area contributed by atoms with Gasteiger partial charge in [0.2, 0.25) is 5.79 Å². The van der Waals surface area contributed by atoms with Crippen LogP contribution in [0.2, 0.25) is 0 Å². The maximum Gasteiger partial charge on any atom is 0.329 e. The van der Waals surface area contributed by atoms with Crippen LogP contribution in [0.1, 0.15) is 126 Å². The number of rotatable bonds is 16. The van der Waals surface area contributed by atoms with Gasteiger partial charge >= 0.3 is 5.97 Å². The van der Waals surface area contributed by atoms with Crippen LogP contribution in [0.5, 0.6) is 0 Å². The fourth-order valence-electron chi connectivity index (χ4n) is 11.1. The molecule has 3 aliphatic heterocycles. The number of carbonyl (C=O) groups excluding carboxylic acids is 5. The van der Waals surface area contributed by atoms with E-state index in [1.807, 2.05) is 51.2 Å². The van der Waals surface area contributed by atoms with Crippen molar-refractivity contribution in [1.29, 1.82) is 0 Å². The summed E-state index contributed by atoms with van der Waals surface area (Å²) >= 11 is 0. The molecular weight excluding hydrogens is 1010 g/mol. The van der Waals surface area contributed by atoms with E-state index >= 15 is 0 Å². The van der Waals surface area contributed by atoms with Crippen molar-refractivity contribution in [2.24, 2.45) is 35.5 Å². The monoisotopic (exact) mass is 1110 g/mol. The number of ether oxygens (including phenoxy) is 7. The number of ketones is 3. The Labute approximate surface area is 458 Å². The summed E-state index contributed by atoms with van der Waals surface area (Å²) in [5.74, 6) is -8.46. The predicted octanol–water partition coefficient (Wildman–Crippen LogP) is 7.14. The molecule has 18 nitrogen and oxygen atoms in total. The predicted molar refractivity (Wildman–Crippen MR) is 291 cm³/mol. The lowest BCUT2D eigenvalue weighted by Gasteiger charge is -2.43. The van der Waals surface area contributed by atoms with Gasteiger partial charge in [-0.05, 0) is 107 Å². The number of amides is 1. The van der Waals surface area contributed by atoms with E-state index in [0.29, 0.717) is 76.6 Å². The highest BCUT2D eigenvalue weighted by atomic mass is 31.2. The molecule has 0 radical (unpaired) electrons. The second kappa shape index (κ2) is 32.3. The lowest BCUT2D eigenvalue weighted by Crippen LogP contribution is -2.61. The molecule has 1 amide bonds. The summed E-state index contributed by atoms with van der Waals surface area (Å²) in [6, 6.07) is -1.19. The highest BCUT2D eigenvalue weighted by Crippen LogP contribution is 2.45. The number of nitrogens with zero attached hydrogens (tertiary/aromatic N) is 1. The van der Waals surface area contributed by atoms with Crippen LogP contribution in [-0.2, 0) is 66.2 Å². The number of esters is 1. The van der Waals surface area contributed by atoms with E-state index in [4.69, 9.17) is 42.8 Å². The molecule has 2 bridgehead atoms. The summed E-state index contributed by atoms with van der Waals surface area (Å²) in [4.78, 5) is 73.0. The van der Waals surface area contributed by atoms with Crippen molar-refractivity contribution in [3.63, 3.8) is 0 Å². The second-order valence-electron chi connectivity index (χ2n) is 22.5.